The molecule has 2 N–H and O–H groups in total. The molecule has 108 valence electrons. The standard InChI is InChI=1S/C15H32N2O/c1-4-10-16-15(13-18)9-7-8-14(12-15)17(6-3)11-5-2/h14,16,18H,4-13H2,1-3H3. The zero-order chi connectivity index (χ0) is 13.4. The fourth-order valence-electron chi connectivity index (χ4n) is 3.28. The van der Waals surface area contributed by atoms with Crippen LogP contribution in [0.3, 0.4) is 0 Å². The lowest BCUT2D eigenvalue weighted by molar-refractivity contribution is 0.0614. The van der Waals surface area contributed by atoms with Gasteiger partial charge in [0.05, 0.1) is 6.61 Å². The number of aliphatic hydroxyl groups is 1. The molecule has 1 aliphatic rings. The maximum Gasteiger partial charge on any atom is 0.0613 e. The van der Waals surface area contributed by atoms with Crippen LogP contribution >= 0.6 is 0 Å². The Balaban J connectivity index is 2.61. The van der Waals surface area contributed by atoms with Crippen molar-refractivity contribution < 1.29 is 5.11 Å². The van der Waals surface area contributed by atoms with Crippen LogP contribution in [-0.2, 0) is 0 Å². The maximum atomic E-state index is 9.79. The van der Waals surface area contributed by atoms with Gasteiger partial charge < -0.3 is 15.3 Å². The molecule has 18 heavy (non-hydrogen) atoms. The highest BCUT2D eigenvalue weighted by Gasteiger charge is 2.36. The van der Waals surface area contributed by atoms with E-state index in [1.54, 1.807) is 0 Å². The van der Waals surface area contributed by atoms with E-state index in [-0.39, 0.29) is 12.1 Å². The molecule has 2 unspecified atom stereocenters. The van der Waals surface area contributed by atoms with Gasteiger partial charge in [0, 0.05) is 11.6 Å². The van der Waals surface area contributed by atoms with Gasteiger partial charge in [-0.05, 0) is 58.2 Å². The van der Waals surface area contributed by atoms with Gasteiger partial charge in [0.25, 0.3) is 0 Å². The lowest BCUT2D eigenvalue weighted by Gasteiger charge is -2.44. The quantitative estimate of drug-likeness (QED) is 0.700. The molecule has 0 aromatic carbocycles. The molecule has 0 spiro atoms. The Labute approximate surface area is 113 Å². The molecule has 1 saturated carbocycles. The average Bonchev–Trinajstić information content (AvgIpc) is 2.42. The summed E-state index contributed by atoms with van der Waals surface area (Å²) in [5.41, 5.74) is -0.0138. The summed E-state index contributed by atoms with van der Waals surface area (Å²) in [6.45, 7) is 10.3. The zero-order valence-corrected chi connectivity index (χ0v) is 12.5. The predicted molar refractivity (Wildman–Crippen MR) is 77.9 cm³/mol. The van der Waals surface area contributed by atoms with Gasteiger partial charge in [0.2, 0.25) is 0 Å². The van der Waals surface area contributed by atoms with Crippen molar-refractivity contribution in [1.82, 2.24) is 10.2 Å². The lowest BCUT2D eigenvalue weighted by atomic mass is 9.78. The Hall–Kier alpha value is -0.120. The molecule has 0 bridgehead atoms. The predicted octanol–water partition coefficient (Wildman–Crippen LogP) is 2.39. The second-order valence-electron chi connectivity index (χ2n) is 5.74. The van der Waals surface area contributed by atoms with E-state index in [0.29, 0.717) is 6.04 Å². The molecule has 2 atom stereocenters. The third-order valence-corrected chi connectivity index (χ3v) is 4.31. The van der Waals surface area contributed by atoms with E-state index in [2.05, 4.69) is 31.0 Å². The summed E-state index contributed by atoms with van der Waals surface area (Å²) in [7, 11) is 0. The van der Waals surface area contributed by atoms with Crippen molar-refractivity contribution in [3.63, 3.8) is 0 Å². The minimum absolute atomic E-state index is 0.0138. The van der Waals surface area contributed by atoms with Crippen molar-refractivity contribution >= 4 is 0 Å². The fraction of sp³-hybridized carbons (Fsp3) is 1.00. The summed E-state index contributed by atoms with van der Waals surface area (Å²) < 4.78 is 0. The van der Waals surface area contributed by atoms with Crippen molar-refractivity contribution in [2.45, 2.75) is 70.9 Å². The van der Waals surface area contributed by atoms with Crippen molar-refractivity contribution in [3.8, 4) is 0 Å². The molecule has 1 fully saturated rings. The summed E-state index contributed by atoms with van der Waals surface area (Å²) in [5.74, 6) is 0. The zero-order valence-electron chi connectivity index (χ0n) is 12.5. The maximum absolute atomic E-state index is 9.79. The monoisotopic (exact) mass is 256 g/mol. The Morgan fingerprint density at radius 2 is 2.06 bits per heavy atom. The summed E-state index contributed by atoms with van der Waals surface area (Å²) in [5, 5.41) is 13.4. The molecular formula is C15H32N2O. The SMILES string of the molecule is CCCNC1(CO)CCCC(N(CC)CCC)C1. The number of aliphatic hydroxyl groups excluding tert-OH is 1. The molecule has 0 saturated heterocycles. The topological polar surface area (TPSA) is 35.5 Å². The van der Waals surface area contributed by atoms with Crippen LogP contribution in [-0.4, -0.2) is 47.8 Å². The van der Waals surface area contributed by atoms with Gasteiger partial charge in [0.1, 0.15) is 0 Å². The number of hydrogen-bond donors (Lipinski definition) is 2. The van der Waals surface area contributed by atoms with Gasteiger partial charge in [-0.25, -0.2) is 0 Å². The first-order valence-corrected chi connectivity index (χ1v) is 7.81. The molecule has 3 nitrogen and oxygen atoms in total. The van der Waals surface area contributed by atoms with Crippen LogP contribution in [0.5, 0.6) is 0 Å². The highest BCUT2D eigenvalue weighted by Crippen LogP contribution is 2.31. The van der Waals surface area contributed by atoms with E-state index in [9.17, 15) is 5.11 Å². The summed E-state index contributed by atoms with van der Waals surface area (Å²) >= 11 is 0. The highest BCUT2D eigenvalue weighted by atomic mass is 16.3. The molecule has 1 aliphatic carbocycles. The van der Waals surface area contributed by atoms with Crippen LogP contribution in [0.4, 0.5) is 0 Å². The van der Waals surface area contributed by atoms with Gasteiger partial charge in [-0.2, -0.15) is 0 Å². The van der Waals surface area contributed by atoms with Crippen molar-refractivity contribution in [3.05, 3.63) is 0 Å². The van der Waals surface area contributed by atoms with Gasteiger partial charge >= 0.3 is 0 Å². The van der Waals surface area contributed by atoms with Crippen molar-refractivity contribution in [1.29, 1.82) is 0 Å². The third kappa shape index (κ3) is 4.22. The Bertz CT molecular complexity index is 223. The molecule has 0 amide bonds. The number of rotatable bonds is 8. The van der Waals surface area contributed by atoms with Gasteiger partial charge in [-0.3, -0.25) is 0 Å². The minimum Gasteiger partial charge on any atom is -0.394 e. The Morgan fingerprint density at radius 1 is 1.28 bits per heavy atom. The first-order valence-electron chi connectivity index (χ1n) is 7.81. The number of hydrogen-bond acceptors (Lipinski definition) is 3. The summed E-state index contributed by atoms with van der Waals surface area (Å²) in [6.07, 6.45) is 7.13. The van der Waals surface area contributed by atoms with E-state index in [4.69, 9.17) is 0 Å². The van der Waals surface area contributed by atoms with E-state index < -0.39 is 0 Å². The van der Waals surface area contributed by atoms with E-state index >= 15 is 0 Å². The molecule has 0 aliphatic heterocycles. The normalized spacial score (nSPS) is 28.8. The van der Waals surface area contributed by atoms with E-state index in [1.165, 1.54) is 25.8 Å². The second-order valence-corrected chi connectivity index (χ2v) is 5.74. The van der Waals surface area contributed by atoms with Crippen LogP contribution in [0.25, 0.3) is 0 Å². The summed E-state index contributed by atoms with van der Waals surface area (Å²) in [6, 6.07) is 0.653. The first-order chi connectivity index (χ1) is 8.71. The molecule has 0 aromatic rings. The number of nitrogens with zero attached hydrogens (tertiary/aromatic N) is 1. The van der Waals surface area contributed by atoms with Crippen molar-refractivity contribution in [2.24, 2.45) is 0 Å². The third-order valence-electron chi connectivity index (χ3n) is 4.31. The van der Waals surface area contributed by atoms with Crippen LogP contribution in [0.15, 0.2) is 0 Å². The Morgan fingerprint density at radius 3 is 2.61 bits per heavy atom. The van der Waals surface area contributed by atoms with Crippen LogP contribution in [0.2, 0.25) is 0 Å². The number of nitrogens with one attached hydrogen (secondary N) is 1. The molecule has 0 aromatic heterocycles. The van der Waals surface area contributed by atoms with Gasteiger partial charge in [-0.15, -0.1) is 0 Å². The molecule has 3 heteroatoms. The van der Waals surface area contributed by atoms with E-state index in [0.717, 1.165) is 32.4 Å². The van der Waals surface area contributed by atoms with Crippen LogP contribution in [0, 0.1) is 0 Å². The van der Waals surface area contributed by atoms with Crippen LogP contribution < -0.4 is 5.32 Å². The lowest BCUT2D eigenvalue weighted by Crippen LogP contribution is -2.56. The van der Waals surface area contributed by atoms with Crippen LogP contribution in [0.1, 0.15) is 59.3 Å². The highest BCUT2D eigenvalue weighted by molar-refractivity contribution is 4.96. The minimum atomic E-state index is -0.0138. The second kappa shape index (κ2) is 8.13. The van der Waals surface area contributed by atoms with Crippen molar-refractivity contribution in [2.75, 3.05) is 26.2 Å². The molecular weight excluding hydrogens is 224 g/mol. The average molecular weight is 256 g/mol. The Kier molecular flexibility index (Phi) is 7.20. The fourth-order valence-corrected chi connectivity index (χ4v) is 3.28. The largest absolute Gasteiger partial charge is 0.394 e. The summed E-state index contributed by atoms with van der Waals surface area (Å²) in [4.78, 5) is 2.59. The smallest absolute Gasteiger partial charge is 0.0613 e. The first kappa shape index (κ1) is 15.9. The van der Waals surface area contributed by atoms with Gasteiger partial charge in [-0.1, -0.05) is 20.8 Å². The molecule has 0 heterocycles. The van der Waals surface area contributed by atoms with E-state index in [1.807, 2.05) is 0 Å². The van der Waals surface area contributed by atoms with Gasteiger partial charge in [0.15, 0.2) is 0 Å². The molecule has 0 radical (unpaired) electrons. The molecule has 1 rings (SSSR count).